The number of halogens is 1. The summed E-state index contributed by atoms with van der Waals surface area (Å²) < 4.78 is 14.3. The Bertz CT molecular complexity index is 1120. The van der Waals surface area contributed by atoms with E-state index in [0.717, 1.165) is 11.1 Å². The molecule has 0 unspecified atom stereocenters. The molecule has 0 saturated heterocycles. The monoisotopic (exact) mass is 350 g/mol. The van der Waals surface area contributed by atoms with Crippen LogP contribution in [0.2, 0.25) is 0 Å². The first-order valence-corrected chi connectivity index (χ1v) is 8.26. The van der Waals surface area contributed by atoms with Gasteiger partial charge in [-0.15, -0.1) is 0 Å². The number of aromatic nitrogens is 4. The third-order valence-corrected chi connectivity index (χ3v) is 4.47. The molecule has 0 amide bonds. The zero-order valence-electron chi connectivity index (χ0n) is 12.8. The molecule has 0 saturated carbocycles. The Labute approximate surface area is 145 Å². The van der Waals surface area contributed by atoms with E-state index in [2.05, 4.69) is 15.1 Å². The first kappa shape index (κ1) is 15.3. The van der Waals surface area contributed by atoms with Gasteiger partial charge in [0, 0.05) is 24.0 Å². The van der Waals surface area contributed by atoms with Crippen LogP contribution in [0.15, 0.2) is 59.7 Å². The van der Waals surface area contributed by atoms with Crippen molar-refractivity contribution in [3.8, 4) is 10.6 Å². The summed E-state index contributed by atoms with van der Waals surface area (Å²) in [4.78, 5) is 21.2. The topological polar surface area (TPSA) is 60.2 Å². The van der Waals surface area contributed by atoms with Crippen molar-refractivity contribution >= 4 is 28.4 Å². The van der Waals surface area contributed by atoms with Gasteiger partial charge in [-0.2, -0.15) is 9.61 Å². The van der Waals surface area contributed by atoms with Crippen LogP contribution in [0.3, 0.4) is 0 Å². The lowest BCUT2D eigenvalue weighted by atomic mass is 10.2. The quantitative estimate of drug-likeness (QED) is 0.567. The molecule has 0 bridgehead atoms. The van der Waals surface area contributed by atoms with Crippen molar-refractivity contribution in [1.29, 1.82) is 0 Å². The molecule has 3 heterocycles. The standard InChI is InChI=1S/C18H11FN4OS/c19-14-4-2-13(3-5-14)17-22-23-16(24)11-15(21-18(23)25-17)6-1-12-7-9-20-10-8-12/h1-11H. The maximum Gasteiger partial charge on any atom is 0.275 e. The fourth-order valence-corrected chi connectivity index (χ4v) is 3.20. The van der Waals surface area contributed by atoms with E-state index in [1.54, 1.807) is 30.6 Å². The second kappa shape index (κ2) is 6.37. The number of pyridine rings is 1. The molecule has 4 rings (SSSR count). The van der Waals surface area contributed by atoms with Gasteiger partial charge in [-0.25, -0.2) is 9.37 Å². The largest absolute Gasteiger partial charge is 0.275 e. The maximum absolute atomic E-state index is 13.1. The lowest BCUT2D eigenvalue weighted by molar-refractivity contribution is 0.628. The first-order valence-electron chi connectivity index (χ1n) is 7.44. The van der Waals surface area contributed by atoms with Crippen LogP contribution < -0.4 is 5.56 Å². The van der Waals surface area contributed by atoms with Gasteiger partial charge in [0.1, 0.15) is 10.8 Å². The second-order valence-electron chi connectivity index (χ2n) is 5.24. The van der Waals surface area contributed by atoms with Crippen LogP contribution in [0.4, 0.5) is 4.39 Å². The van der Waals surface area contributed by atoms with Crippen molar-refractivity contribution in [3.05, 3.63) is 82.3 Å². The average Bonchev–Trinajstić information content (AvgIpc) is 3.06. The summed E-state index contributed by atoms with van der Waals surface area (Å²) in [6.45, 7) is 0. The van der Waals surface area contributed by atoms with Crippen LogP contribution in [0.25, 0.3) is 27.7 Å². The molecule has 3 aromatic heterocycles. The molecule has 1 aromatic carbocycles. The summed E-state index contributed by atoms with van der Waals surface area (Å²) in [5.74, 6) is -0.316. The third-order valence-electron chi connectivity index (χ3n) is 3.51. The molecule has 0 atom stereocenters. The van der Waals surface area contributed by atoms with E-state index in [1.165, 1.54) is 34.1 Å². The summed E-state index contributed by atoms with van der Waals surface area (Å²) in [5.41, 5.74) is 2.00. The van der Waals surface area contributed by atoms with Crippen molar-refractivity contribution in [2.75, 3.05) is 0 Å². The maximum atomic E-state index is 13.1. The van der Waals surface area contributed by atoms with Gasteiger partial charge in [-0.3, -0.25) is 9.78 Å². The SMILES string of the molecule is O=c1cc(C=Cc2ccncc2)nc2sc(-c3ccc(F)cc3)nn12. The Kier molecular flexibility index (Phi) is 3.91. The van der Waals surface area contributed by atoms with Gasteiger partial charge < -0.3 is 0 Å². The molecule has 0 aliphatic rings. The molecular formula is C18H11FN4OS. The summed E-state index contributed by atoms with van der Waals surface area (Å²) in [7, 11) is 0. The second-order valence-corrected chi connectivity index (χ2v) is 6.20. The molecule has 122 valence electrons. The molecule has 0 aliphatic carbocycles. The molecule has 4 aromatic rings. The molecule has 7 heteroatoms. The van der Waals surface area contributed by atoms with Crippen LogP contribution >= 0.6 is 11.3 Å². The summed E-state index contributed by atoms with van der Waals surface area (Å²) in [6.07, 6.45) is 7.03. The van der Waals surface area contributed by atoms with Crippen LogP contribution in [0, 0.1) is 5.82 Å². The van der Waals surface area contributed by atoms with E-state index in [1.807, 2.05) is 18.2 Å². The molecule has 0 radical (unpaired) electrons. The molecule has 0 spiro atoms. The zero-order chi connectivity index (χ0) is 17.2. The fourth-order valence-electron chi connectivity index (χ4n) is 2.28. The normalized spacial score (nSPS) is 11.4. The van der Waals surface area contributed by atoms with Crippen LogP contribution in [0.1, 0.15) is 11.3 Å². The van der Waals surface area contributed by atoms with E-state index < -0.39 is 0 Å². The average molecular weight is 350 g/mol. The molecular weight excluding hydrogens is 339 g/mol. The lowest BCUT2D eigenvalue weighted by Crippen LogP contribution is -2.14. The summed E-state index contributed by atoms with van der Waals surface area (Å²) in [6, 6.07) is 11.1. The number of hydrogen-bond acceptors (Lipinski definition) is 5. The van der Waals surface area contributed by atoms with Crippen molar-refractivity contribution in [1.82, 2.24) is 19.6 Å². The van der Waals surface area contributed by atoms with Gasteiger partial charge in [0.05, 0.1) is 5.69 Å². The third kappa shape index (κ3) is 3.22. The minimum atomic E-state index is -0.316. The molecule has 0 aliphatic heterocycles. The minimum Gasteiger partial charge on any atom is -0.267 e. The van der Waals surface area contributed by atoms with Gasteiger partial charge >= 0.3 is 0 Å². The number of nitrogens with zero attached hydrogens (tertiary/aromatic N) is 4. The van der Waals surface area contributed by atoms with Gasteiger partial charge in [-0.1, -0.05) is 17.4 Å². The highest BCUT2D eigenvalue weighted by molar-refractivity contribution is 7.19. The highest BCUT2D eigenvalue weighted by Gasteiger charge is 2.10. The number of fused-ring (bicyclic) bond motifs is 1. The molecule has 5 nitrogen and oxygen atoms in total. The van der Waals surface area contributed by atoms with Crippen molar-refractivity contribution in [2.45, 2.75) is 0 Å². The Morgan fingerprint density at radius 1 is 1.04 bits per heavy atom. The molecule has 25 heavy (non-hydrogen) atoms. The highest BCUT2D eigenvalue weighted by Crippen LogP contribution is 2.24. The van der Waals surface area contributed by atoms with E-state index in [0.29, 0.717) is 15.7 Å². The predicted molar refractivity (Wildman–Crippen MR) is 95.7 cm³/mol. The number of rotatable bonds is 3. The van der Waals surface area contributed by atoms with E-state index >= 15 is 0 Å². The Balaban J connectivity index is 1.73. The number of benzene rings is 1. The van der Waals surface area contributed by atoms with E-state index in [-0.39, 0.29) is 11.4 Å². The zero-order valence-corrected chi connectivity index (χ0v) is 13.7. The van der Waals surface area contributed by atoms with Crippen LogP contribution in [-0.2, 0) is 0 Å². The van der Waals surface area contributed by atoms with Gasteiger partial charge in [0.2, 0.25) is 4.96 Å². The number of hydrogen-bond donors (Lipinski definition) is 0. The van der Waals surface area contributed by atoms with Crippen molar-refractivity contribution < 1.29 is 4.39 Å². The highest BCUT2D eigenvalue weighted by atomic mass is 32.1. The van der Waals surface area contributed by atoms with Crippen molar-refractivity contribution in [2.24, 2.45) is 0 Å². The van der Waals surface area contributed by atoms with Gasteiger partial charge in [-0.05, 0) is 48.0 Å². The minimum absolute atomic E-state index is 0.260. The van der Waals surface area contributed by atoms with Crippen LogP contribution in [-0.4, -0.2) is 19.6 Å². The first-order chi connectivity index (χ1) is 12.2. The van der Waals surface area contributed by atoms with E-state index in [9.17, 15) is 9.18 Å². The Hall–Kier alpha value is -3.19. The van der Waals surface area contributed by atoms with Gasteiger partial charge in [0.25, 0.3) is 5.56 Å². The van der Waals surface area contributed by atoms with E-state index in [4.69, 9.17) is 0 Å². The van der Waals surface area contributed by atoms with Crippen LogP contribution in [0.5, 0.6) is 0 Å². The molecule has 0 fully saturated rings. The fraction of sp³-hybridized carbons (Fsp3) is 0. The lowest BCUT2D eigenvalue weighted by Gasteiger charge is -1.94. The summed E-state index contributed by atoms with van der Waals surface area (Å²) in [5, 5.41) is 4.89. The molecule has 0 N–H and O–H groups in total. The smallest absolute Gasteiger partial charge is 0.267 e. The predicted octanol–water partition coefficient (Wildman–Crippen LogP) is 3.52. The van der Waals surface area contributed by atoms with Gasteiger partial charge in [0.15, 0.2) is 0 Å². The summed E-state index contributed by atoms with van der Waals surface area (Å²) >= 11 is 1.28. The van der Waals surface area contributed by atoms with Crippen molar-refractivity contribution in [3.63, 3.8) is 0 Å². The Morgan fingerprint density at radius 2 is 1.80 bits per heavy atom. The Morgan fingerprint density at radius 3 is 2.56 bits per heavy atom.